The predicted molar refractivity (Wildman–Crippen MR) is 68.6 cm³/mol. The molecule has 94 valence electrons. The van der Waals surface area contributed by atoms with Gasteiger partial charge in [-0.1, -0.05) is 6.92 Å². The minimum absolute atomic E-state index is 0.569. The van der Waals surface area contributed by atoms with E-state index in [1.54, 1.807) is 6.07 Å². The van der Waals surface area contributed by atoms with Crippen molar-refractivity contribution in [3.8, 4) is 0 Å². The molecule has 17 heavy (non-hydrogen) atoms. The van der Waals surface area contributed by atoms with Crippen LogP contribution in [-0.4, -0.2) is 52.5 Å². The topological polar surface area (TPSA) is 58.3 Å². The number of aryl methyl sites for hydroxylation is 1. The quantitative estimate of drug-likeness (QED) is 0.827. The van der Waals surface area contributed by atoms with Gasteiger partial charge >= 0.3 is 0 Å². The molecule has 0 aromatic carbocycles. The predicted octanol–water partition coefficient (Wildman–Crippen LogP) is 0.505. The maximum absolute atomic E-state index is 5.73. The summed E-state index contributed by atoms with van der Waals surface area (Å²) in [5.41, 5.74) is 6.67. The van der Waals surface area contributed by atoms with Crippen molar-refractivity contribution in [2.24, 2.45) is 0 Å². The number of aromatic nitrogens is 2. The Balaban J connectivity index is 1.93. The Morgan fingerprint density at radius 1 is 1.18 bits per heavy atom. The Morgan fingerprint density at radius 2 is 1.82 bits per heavy atom. The van der Waals surface area contributed by atoms with Gasteiger partial charge in [-0.25, -0.2) is 9.97 Å². The maximum atomic E-state index is 5.73. The summed E-state index contributed by atoms with van der Waals surface area (Å²) in [6.07, 6.45) is 0. The van der Waals surface area contributed by atoms with Crippen LogP contribution in [0.1, 0.15) is 18.4 Å². The second-order valence-corrected chi connectivity index (χ2v) is 4.56. The fraction of sp³-hybridized carbons (Fsp3) is 0.667. The number of hydrogen-bond donors (Lipinski definition) is 1. The first kappa shape index (κ1) is 12.3. The molecule has 5 heteroatoms. The van der Waals surface area contributed by atoms with E-state index in [9.17, 15) is 0 Å². The van der Waals surface area contributed by atoms with Gasteiger partial charge in [0.25, 0.3) is 0 Å². The zero-order valence-electron chi connectivity index (χ0n) is 10.7. The monoisotopic (exact) mass is 235 g/mol. The summed E-state index contributed by atoms with van der Waals surface area (Å²) in [6, 6.07) is 1.80. The first-order chi connectivity index (χ1) is 8.17. The zero-order chi connectivity index (χ0) is 12.3. The van der Waals surface area contributed by atoms with Crippen molar-refractivity contribution in [1.82, 2.24) is 19.8 Å². The van der Waals surface area contributed by atoms with Crippen LogP contribution in [0.2, 0.25) is 0 Å². The Morgan fingerprint density at radius 3 is 2.41 bits per heavy atom. The van der Waals surface area contributed by atoms with Crippen LogP contribution in [0.15, 0.2) is 6.07 Å². The van der Waals surface area contributed by atoms with Gasteiger partial charge in [0.1, 0.15) is 11.6 Å². The van der Waals surface area contributed by atoms with Crippen LogP contribution in [0.5, 0.6) is 0 Å². The van der Waals surface area contributed by atoms with Crippen LogP contribution >= 0.6 is 0 Å². The molecule has 1 aliphatic heterocycles. The second-order valence-electron chi connectivity index (χ2n) is 4.56. The molecule has 0 radical (unpaired) electrons. The average Bonchev–Trinajstić information content (AvgIpc) is 2.28. The summed E-state index contributed by atoms with van der Waals surface area (Å²) < 4.78 is 0. The molecular formula is C12H21N5. The van der Waals surface area contributed by atoms with Gasteiger partial charge < -0.3 is 10.6 Å². The van der Waals surface area contributed by atoms with E-state index in [-0.39, 0.29) is 0 Å². The Kier molecular flexibility index (Phi) is 3.91. The van der Waals surface area contributed by atoms with Crippen molar-refractivity contribution in [2.45, 2.75) is 20.4 Å². The molecule has 0 atom stereocenters. The minimum atomic E-state index is 0.569. The number of nitrogens with two attached hydrogens (primary N) is 1. The Labute approximate surface area is 103 Å². The van der Waals surface area contributed by atoms with Gasteiger partial charge in [0, 0.05) is 37.9 Å². The van der Waals surface area contributed by atoms with Crippen LogP contribution in [0.25, 0.3) is 0 Å². The molecule has 0 amide bonds. The largest absolute Gasteiger partial charge is 0.384 e. The van der Waals surface area contributed by atoms with Crippen molar-refractivity contribution in [1.29, 1.82) is 0 Å². The van der Waals surface area contributed by atoms with Crippen LogP contribution in [0.4, 0.5) is 5.82 Å². The average molecular weight is 235 g/mol. The third-order valence-electron chi connectivity index (χ3n) is 3.20. The van der Waals surface area contributed by atoms with Crippen LogP contribution in [-0.2, 0) is 6.54 Å². The summed E-state index contributed by atoms with van der Waals surface area (Å²) >= 11 is 0. The van der Waals surface area contributed by atoms with Crippen molar-refractivity contribution in [3.05, 3.63) is 17.6 Å². The van der Waals surface area contributed by atoms with E-state index < -0.39 is 0 Å². The molecule has 0 unspecified atom stereocenters. The van der Waals surface area contributed by atoms with Gasteiger partial charge in [-0.2, -0.15) is 0 Å². The molecule has 0 aliphatic carbocycles. The van der Waals surface area contributed by atoms with Gasteiger partial charge in [0.2, 0.25) is 0 Å². The van der Waals surface area contributed by atoms with E-state index in [0.29, 0.717) is 5.82 Å². The molecule has 1 saturated heterocycles. The van der Waals surface area contributed by atoms with E-state index >= 15 is 0 Å². The molecular weight excluding hydrogens is 214 g/mol. The summed E-state index contributed by atoms with van der Waals surface area (Å²) in [6.45, 7) is 10.6. The molecule has 2 heterocycles. The molecule has 1 aromatic rings. The van der Waals surface area contributed by atoms with Gasteiger partial charge in [-0.15, -0.1) is 0 Å². The number of nitrogen functional groups attached to an aromatic ring is 1. The third kappa shape index (κ3) is 3.38. The highest BCUT2D eigenvalue weighted by molar-refractivity contribution is 5.29. The van der Waals surface area contributed by atoms with E-state index in [1.165, 1.54) is 0 Å². The SMILES string of the molecule is CCN1CCN(Cc2nc(C)cc(N)n2)CC1. The first-order valence-electron chi connectivity index (χ1n) is 6.22. The summed E-state index contributed by atoms with van der Waals surface area (Å²) in [5, 5.41) is 0. The van der Waals surface area contributed by atoms with Crippen molar-refractivity contribution in [3.63, 3.8) is 0 Å². The number of nitrogens with zero attached hydrogens (tertiary/aromatic N) is 4. The van der Waals surface area contributed by atoms with Crippen molar-refractivity contribution >= 4 is 5.82 Å². The molecule has 1 aliphatic rings. The maximum Gasteiger partial charge on any atom is 0.144 e. The summed E-state index contributed by atoms with van der Waals surface area (Å²) in [7, 11) is 0. The van der Waals surface area contributed by atoms with E-state index in [1.807, 2.05) is 6.92 Å². The van der Waals surface area contributed by atoms with E-state index in [4.69, 9.17) is 5.73 Å². The fourth-order valence-electron chi connectivity index (χ4n) is 2.19. The van der Waals surface area contributed by atoms with Gasteiger partial charge in [0.05, 0.1) is 6.54 Å². The van der Waals surface area contributed by atoms with Crippen LogP contribution in [0, 0.1) is 6.92 Å². The number of rotatable bonds is 3. The molecule has 2 rings (SSSR count). The molecule has 0 bridgehead atoms. The van der Waals surface area contributed by atoms with Crippen molar-refractivity contribution < 1.29 is 0 Å². The highest BCUT2D eigenvalue weighted by Crippen LogP contribution is 2.07. The van der Waals surface area contributed by atoms with E-state index in [2.05, 4.69) is 26.7 Å². The van der Waals surface area contributed by atoms with Crippen LogP contribution < -0.4 is 5.73 Å². The van der Waals surface area contributed by atoms with Gasteiger partial charge in [0.15, 0.2) is 0 Å². The van der Waals surface area contributed by atoms with Gasteiger partial charge in [-0.05, 0) is 13.5 Å². The molecule has 0 saturated carbocycles. The normalized spacial score (nSPS) is 18.5. The zero-order valence-corrected chi connectivity index (χ0v) is 10.7. The standard InChI is InChI=1S/C12H21N5/c1-3-16-4-6-17(7-5-16)9-12-14-10(2)8-11(13)15-12/h8H,3-7,9H2,1-2H3,(H2,13,14,15). The molecule has 2 N–H and O–H groups in total. The molecule has 1 aromatic heterocycles. The molecule has 1 fully saturated rings. The smallest absolute Gasteiger partial charge is 0.144 e. The van der Waals surface area contributed by atoms with E-state index in [0.717, 1.165) is 50.8 Å². The molecule has 0 spiro atoms. The minimum Gasteiger partial charge on any atom is -0.384 e. The highest BCUT2D eigenvalue weighted by Gasteiger charge is 2.16. The summed E-state index contributed by atoms with van der Waals surface area (Å²) in [5.74, 6) is 1.41. The lowest BCUT2D eigenvalue weighted by Crippen LogP contribution is -2.45. The number of likely N-dealkylation sites (N-methyl/N-ethyl adjacent to an activating group) is 1. The second kappa shape index (κ2) is 5.42. The lowest BCUT2D eigenvalue weighted by Gasteiger charge is -2.33. The lowest BCUT2D eigenvalue weighted by atomic mass is 10.3. The Hall–Kier alpha value is -1.20. The third-order valence-corrected chi connectivity index (χ3v) is 3.20. The molecule has 5 nitrogen and oxygen atoms in total. The Bertz CT molecular complexity index is 351. The number of piperazine rings is 1. The van der Waals surface area contributed by atoms with Crippen molar-refractivity contribution in [2.75, 3.05) is 38.5 Å². The summed E-state index contributed by atoms with van der Waals surface area (Å²) in [4.78, 5) is 13.5. The number of hydrogen-bond acceptors (Lipinski definition) is 5. The lowest BCUT2D eigenvalue weighted by molar-refractivity contribution is 0.129. The number of anilines is 1. The first-order valence-corrected chi connectivity index (χ1v) is 6.22. The van der Waals surface area contributed by atoms with Gasteiger partial charge in [-0.3, -0.25) is 4.90 Å². The van der Waals surface area contributed by atoms with Crippen LogP contribution in [0.3, 0.4) is 0 Å². The highest BCUT2D eigenvalue weighted by atomic mass is 15.3. The fourth-order valence-corrected chi connectivity index (χ4v) is 2.19.